The molecule has 0 spiro atoms. The Kier molecular flexibility index (Phi) is 5.76. The van der Waals surface area contributed by atoms with Gasteiger partial charge >= 0.3 is 0 Å². The first-order chi connectivity index (χ1) is 10.1. The molecule has 1 fully saturated rings. The van der Waals surface area contributed by atoms with Crippen LogP contribution in [0.4, 0.5) is 0 Å². The van der Waals surface area contributed by atoms with Crippen LogP contribution in [0.15, 0.2) is 24.3 Å². The summed E-state index contributed by atoms with van der Waals surface area (Å²) >= 11 is 0. The second kappa shape index (κ2) is 7.57. The molecule has 0 bridgehead atoms. The van der Waals surface area contributed by atoms with E-state index in [1.54, 1.807) is 0 Å². The van der Waals surface area contributed by atoms with E-state index in [9.17, 15) is 4.79 Å². The third-order valence-corrected chi connectivity index (χ3v) is 4.04. The van der Waals surface area contributed by atoms with Crippen molar-refractivity contribution in [3.05, 3.63) is 35.4 Å². The van der Waals surface area contributed by atoms with Crippen molar-refractivity contribution in [2.75, 3.05) is 33.8 Å². The van der Waals surface area contributed by atoms with E-state index in [0.29, 0.717) is 5.92 Å². The molecule has 116 valence electrons. The fourth-order valence-electron chi connectivity index (χ4n) is 2.97. The molecule has 1 amide bonds. The number of likely N-dealkylation sites (tertiary alicyclic amines) is 1. The normalized spacial score (nSPS) is 19.0. The third kappa shape index (κ3) is 4.55. The Morgan fingerprint density at radius 3 is 2.67 bits per heavy atom. The number of carbonyl (C=O) groups excluding carboxylic acids is 1. The molecule has 1 aliphatic rings. The molecule has 1 aromatic carbocycles. The Balaban J connectivity index is 1.98. The number of nitrogens with zero attached hydrogens (tertiary/aromatic N) is 2. The molecule has 2 rings (SSSR count). The molecule has 4 heteroatoms. The van der Waals surface area contributed by atoms with Crippen LogP contribution in [0, 0.1) is 5.92 Å². The molecule has 1 N–H and O–H groups in total. The molecule has 0 aromatic heterocycles. The highest BCUT2D eigenvalue weighted by atomic mass is 16.3. The molecule has 1 heterocycles. The number of benzene rings is 1. The average molecular weight is 290 g/mol. The van der Waals surface area contributed by atoms with Gasteiger partial charge < -0.3 is 14.9 Å². The van der Waals surface area contributed by atoms with Gasteiger partial charge in [-0.1, -0.05) is 12.1 Å². The molecule has 0 saturated carbocycles. The van der Waals surface area contributed by atoms with Gasteiger partial charge in [-0.05, 0) is 57.0 Å². The Morgan fingerprint density at radius 2 is 2.05 bits per heavy atom. The summed E-state index contributed by atoms with van der Waals surface area (Å²) in [6.07, 6.45) is 2.95. The van der Waals surface area contributed by atoms with Crippen molar-refractivity contribution in [2.24, 2.45) is 5.92 Å². The van der Waals surface area contributed by atoms with Crippen LogP contribution in [0.3, 0.4) is 0 Å². The molecule has 1 atom stereocenters. The zero-order valence-electron chi connectivity index (χ0n) is 13.1. The van der Waals surface area contributed by atoms with Crippen LogP contribution in [0.25, 0.3) is 0 Å². The molecule has 0 radical (unpaired) electrons. The second-order valence-corrected chi connectivity index (χ2v) is 6.21. The maximum Gasteiger partial charge on any atom is 0.253 e. The van der Waals surface area contributed by atoms with Gasteiger partial charge in [0, 0.05) is 31.8 Å². The standard InChI is InChI=1S/C17H26N2O2/c1-18(2)12-15-5-7-16(8-6-15)17(21)19-10-3-4-14(13-19)9-11-20/h5-8,14,20H,3-4,9-13H2,1-2H3. The van der Waals surface area contributed by atoms with E-state index in [-0.39, 0.29) is 12.5 Å². The van der Waals surface area contributed by atoms with Gasteiger partial charge in [0.2, 0.25) is 0 Å². The molecule has 1 saturated heterocycles. The van der Waals surface area contributed by atoms with Crippen molar-refractivity contribution in [1.29, 1.82) is 0 Å². The van der Waals surface area contributed by atoms with Crippen LogP contribution >= 0.6 is 0 Å². The number of carbonyl (C=O) groups is 1. The minimum atomic E-state index is 0.119. The summed E-state index contributed by atoms with van der Waals surface area (Å²) in [5.41, 5.74) is 1.98. The van der Waals surface area contributed by atoms with E-state index < -0.39 is 0 Å². The van der Waals surface area contributed by atoms with Crippen LogP contribution in [0.5, 0.6) is 0 Å². The highest BCUT2D eigenvalue weighted by Gasteiger charge is 2.24. The largest absolute Gasteiger partial charge is 0.396 e. The predicted molar refractivity (Wildman–Crippen MR) is 84.2 cm³/mol. The number of amides is 1. The van der Waals surface area contributed by atoms with Crippen molar-refractivity contribution in [3.8, 4) is 0 Å². The summed E-state index contributed by atoms with van der Waals surface area (Å²) in [5.74, 6) is 0.565. The molecular weight excluding hydrogens is 264 g/mol. The lowest BCUT2D eigenvalue weighted by Crippen LogP contribution is -2.40. The molecule has 21 heavy (non-hydrogen) atoms. The highest BCUT2D eigenvalue weighted by molar-refractivity contribution is 5.94. The smallest absolute Gasteiger partial charge is 0.253 e. The van der Waals surface area contributed by atoms with Gasteiger partial charge in [-0.15, -0.1) is 0 Å². The highest BCUT2D eigenvalue weighted by Crippen LogP contribution is 2.21. The minimum Gasteiger partial charge on any atom is -0.396 e. The third-order valence-electron chi connectivity index (χ3n) is 4.04. The summed E-state index contributed by atoms with van der Waals surface area (Å²) in [6.45, 7) is 2.71. The van der Waals surface area contributed by atoms with Crippen molar-refractivity contribution in [1.82, 2.24) is 9.80 Å². The van der Waals surface area contributed by atoms with Crippen molar-refractivity contribution in [2.45, 2.75) is 25.8 Å². The number of hydrogen-bond donors (Lipinski definition) is 1. The van der Waals surface area contributed by atoms with Crippen molar-refractivity contribution >= 4 is 5.91 Å². The van der Waals surface area contributed by atoms with E-state index in [1.165, 1.54) is 5.56 Å². The van der Waals surface area contributed by atoms with Crippen molar-refractivity contribution < 1.29 is 9.90 Å². The Hall–Kier alpha value is -1.39. The summed E-state index contributed by atoms with van der Waals surface area (Å²) in [7, 11) is 4.07. The van der Waals surface area contributed by atoms with E-state index >= 15 is 0 Å². The molecule has 1 unspecified atom stereocenters. The first-order valence-electron chi connectivity index (χ1n) is 7.74. The van der Waals surface area contributed by atoms with E-state index in [4.69, 9.17) is 5.11 Å². The summed E-state index contributed by atoms with van der Waals surface area (Å²) in [6, 6.07) is 7.92. The monoisotopic (exact) mass is 290 g/mol. The summed E-state index contributed by atoms with van der Waals surface area (Å²) in [4.78, 5) is 16.6. The number of rotatable bonds is 5. The summed E-state index contributed by atoms with van der Waals surface area (Å²) < 4.78 is 0. The maximum atomic E-state index is 12.5. The molecule has 4 nitrogen and oxygen atoms in total. The van der Waals surface area contributed by atoms with Crippen LogP contribution in [0.2, 0.25) is 0 Å². The van der Waals surface area contributed by atoms with E-state index in [0.717, 1.165) is 44.5 Å². The first kappa shape index (κ1) is 16.0. The lowest BCUT2D eigenvalue weighted by molar-refractivity contribution is 0.0653. The van der Waals surface area contributed by atoms with Gasteiger partial charge in [-0.3, -0.25) is 4.79 Å². The van der Waals surface area contributed by atoms with Crippen LogP contribution in [-0.4, -0.2) is 54.6 Å². The molecule has 1 aromatic rings. The van der Waals surface area contributed by atoms with Crippen LogP contribution in [0.1, 0.15) is 35.2 Å². The zero-order valence-corrected chi connectivity index (χ0v) is 13.1. The van der Waals surface area contributed by atoms with Gasteiger partial charge in [0.05, 0.1) is 0 Å². The first-order valence-corrected chi connectivity index (χ1v) is 7.74. The van der Waals surface area contributed by atoms with Gasteiger partial charge in [-0.25, -0.2) is 0 Å². The quantitative estimate of drug-likeness (QED) is 0.902. The molecular formula is C17H26N2O2. The van der Waals surface area contributed by atoms with Crippen LogP contribution < -0.4 is 0 Å². The van der Waals surface area contributed by atoms with Gasteiger partial charge in [0.15, 0.2) is 0 Å². The average Bonchev–Trinajstić information content (AvgIpc) is 2.47. The fourth-order valence-corrected chi connectivity index (χ4v) is 2.97. The SMILES string of the molecule is CN(C)Cc1ccc(C(=O)N2CCCC(CCO)C2)cc1. The summed E-state index contributed by atoms with van der Waals surface area (Å²) in [5, 5.41) is 9.06. The second-order valence-electron chi connectivity index (χ2n) is 6.21. The fraction of sp³-hybridized carbons (Fsp3) is 0.588. The number of hydrogen-bond acceptors (Lipinski definition) is 3. The number of aliphatic hydroxyl groups excluding tert-OH is 1. The minimum absolute atomic E-state index is 0.119. The van der Waals surface area contributed by atoms with Gasteiger partial charge in [-0.2, -0.15) is 0 Å². The zero-order chi connectivity index (χ0) is 15.2. The van der Waals surface area contributed by atoms with E-state index in [2.05, 4.69) is 4.90 Å². The van der Waals surface area contributed by atoms with Crippen molar-refractivity contribution in [3.63, 3.8) is 0 Å². The van der Waals surface area contributed by atoms with Crippen LogP contribution in [-0.2, 0) is 6.54 Å². The lowest BCUT2D eigenvalue weighted by atomic mass is 9.94. The lowest BCUT2D eigenvalue weighted by Gasteiger charge is -2.32. The topological polar surface area (TPSA) is 43.8 Å². The molecule has 0 aliphatic carbocycles. The maximum absolute atomic E-state index is 12.5. The number of aliphatic hydroxyl groups is 1. The number of piperidine rings is 1. The Labute approximate surface area is 127 Å². The molecule has 1 aliphatic heterocycles. The Morgan fingerprint density at radius 1 is 1.33 bits per heavy atom. The van der Waals surface area contributed by atoms with Gasteiger partial charge in [0.25, 0.3) is 5.91 Å². The van der Waals surface area contributed by atoms with E-state index in [1.807, 2.05) is 43.3 Å². The predicted octanol–water partition coefficient (Wildman–Crippen LogP) is 1.98. The Bertz CT molecular complexity index is 454. The van der Waals surface area contributed by atoms with Gasteiger partial charge in [0.1, 0.15) is 0 Å².